The van der Waals surface area contributed by atoms with Gasteiger partial charge in [0, 0.05) is 0 Å². The minimum Gasteiger partial charge on any atom is -0.362 e. The third kappa shape index (κ3) is 3.69. The molecule has 0 atom stereocenters. The van der Waals surface area contributed by atoms with E-state index in [2.05, 4.69) is 24.7 Å². The number of rotatable bonds is 4. The van der Waals surface area contributed by atoms with Gasteiger partial charge in [0.2, 0.25) is 0 Å². The first kappa shape index (κ1) is 17.0. The standard InChI is InChI=1S/C11H13F6N3O2/c12-10(13,14)6-21-5-7-19-8(20-22-7)9(11(15,16)17)1-3-18-4-2-9/h18H,1-6H2. The molecule has 22 heavy (non-hydrogen) atoms. The molecule has 126 valence electrons. The van der Waals surface area contributed by atoms with Crippen molar-refractivity contribution in [2.24, 2.45) is 0 Å². The van der Waals surface area contributed by atoms with Gasteiger partial charge < -0.3 is 14.6 Å². The first-order chi connectivity index (χ1) is 10.1. The van der Waals surface area contributed by atoms with Gasteiger partial charge in [-0.05, 0) is 25.9 Å². The van der Waals surface area contributed by atoms with Crippen molar-refractivity contribution >= 4 is 0 Å². The quantitative estimate of drug-likeness (QED) is 0.857. The van der Waals surface area contributed by atoms with Crippen LogP contribution in [0.2, 0.25) is 0 Å². The summed E-state index contributed by atoms with van der Waals surface area (Å²) in [5.41, 5.74) is -2.25. The van der Waals surface area contributed by atoms with E-state index in [0.29, 0.717) is 0 Å². The molecule has 1 aromatic heterocycles. The second kappa shape index (κ2) is 6.03. The van der Waals surface area contributed by atoms with Crippen LogP contribution in [-0.4, -0.2) is 42.2 Å². The minimum absolute atomic E-state index is 0.133. The van der Waals surface area contributed by atoms with Crippen LogP contribution in [0.15, 0.2) is 4.52 Å². The third-order valence-corrected chi connectivity index (χ3v) is 3.39. The van der Waals surface area contributed by atoms with Crippen LogP contribution in [-0.2, 0) is 16.8 Å². The van der Waals surface area contributed by atoms with Crippen molar-refractivity contribution < 1.29 is 35.6 Å². The summed E-state index contributed by atoms with van der Waals surface area (Å²) >= 11 is 0. The molecule has 5 nitrogen and oxygen atoms in total. The zero-order valence-corrected chi connectivity index (χ0v) is 11.2. The Morgan fingerprint density at radius 1 is 1.14 bits per heavy atom. The van der Waals surface area contributed by atoms with Crippen LogP contribution < -0.4 is 5.32 Å². The van der Waals surface area contributed by atoms with Crippen molar-refractivity contribution in [1.82, 2.24) is 15.5 Å². The molecule has 1 aliphatic heterocycles. The summed E-state index contributed by atoms with van der Waals surface area (Å²) in [6.45, 7) is -1.97. The van der Waals surface area contributed by atoms with Crippen LogP contribution in [0.1, 0.15) is 24.6 Å². The van der Waals surface area contributed by atoms with Gasteiger partial charge in [-0.3, -0.25) is 0 Å². The smallest absolute Gasteiger partial charge is 0.362 e. The topological polar surface area (TPSA) is 60.2 Å². The first-order valence-corrected chi connectivity index (χ1v) is 6.39. The molecular weight excluding hydrogens is 320 g/mol. The predicted molar refractivity (Wildman–Crippen MR) is 59.8 cm³/mol. The molecule has 0 aromatic carbocycles. The van der Waals surface area contributed by atoms with Crippen molar-refractivity contribution in [1.29, 1.82) is 0 Å². The number of hydrogen-bond donors (Lipinski definition) is 1. The lowest BCUT2D eigenvalue weighted by Gasteiger charge is -2.36. The second-order valence-electron chi connectivity index (χ2n) is 4.95. The summed E-state index contributed by atoms with van der Waals surface area (Å²) in [4.78, 5) is 3.57. The maximum atomic E-state index is 13.4. The van der Waals surface area contributed by atoms with Gasteiger partial charge in [-0.1, -0.05) is 5.16 Å². The Hall–Kier alpha value is -1.36. The van der Waals surface area contributed by atoms with Crippen molar-refractivity contribution in [2.75, 3.05) is 19.7 Å². The van der Waals surface area contributed by atoms with Crippen LogP contribution in [0.3, 0.4) is 0 Å². The van der Waals surface area contributed by atoms with Crippen LogP contribution in [0.25, 0.3) is 0 Å². The Balaban J connectivity index is 2.11. The van der Waals surface area contributed by atoms with Crippen LogP contribution >= 0.6 is 0 Å². The highest BCUT2D eigenvalue weighted by atomic mass is 19.4. The number of nitrogens with one attached hydrogen (secondary N) is 1. The summed E-state index contributed by atoms with van der Waals surface area (Å²) < 4.78 is 84.8. The Morgan fingerprint density at radius 3 is 2.32 bits per heavy atom. The number of hydrogen-bond acceptors (Lipinski definition) is 5. The molecule has 0 saturated carbocycles. The fraction of sp³-hybridized carbons (Fsp3) is 0.818. The van der Waals surface area contributed by atoms with Gasteiger partial charge in [-0.15, -0.1) is 0 Å². The lowest BCUT2D eigenvalue weighted by Crippen LogP contribution is -2.50. The van der Waals surface area contributed by atoms with E-state index in [4.69, 9.17) is 0 Å². The molecule has 0 amide bonds. The third-order valence-electron chi connectivity index (χ3n) is 3.39. The van der Waals surface area contributed by atoms with Crippen molar-refractivity contribution in [2.45, 2.75) is 37.2 Å². The van der Waals surface area contributed by atoms with Crippen LogP contribution in [0.5, 0.6) is 0 Å². The number of piperidine rings is 1. The van der Waals surface area contributed by atoms with Gasteiger partial charge in [0.1, 0.15) is 18.6 Å². The summed E-state index contributed by atoms with van der Waals surface area (Å²) in [6.07, 6.45) is -9.65. The van der Waals surface area contributed by atoms with Gasteiger partial charge in [-0.2, -0.15) is 31.3 Å². The van der Waals surface area contributed by atoms with E-state index < -0.39 is 42.7 Å². The van der Waals surface area contributed by atoms with E-state index in [0.717, 1.165) is 0 Å². The summed E-state index contributed by atoms with van der Waals surface area (Å²) in [5.74, 6) is -0.978. The lowest BCUT2D eigenvalue weighted by molar-refractivity contribution is -0.200. The summed E-state index contributed by atoms with van der Waals surface area (Å²) in [5, 5.41) is 6.10. The largest absolute Gasteiger partial charge is 0.411 e. The monoisotopic (exact) mass is 333 g/mol. The van der Waals surface area contributed by atoms with Crippen molar-refractivity contribution in [3.8, 4) is 0 Å². The van der Waals surface area contributed by atoms with Crippen LogP contribution in [0, 0.1) is 0 Å². The number of ether oxygens (including phenoxy) is 1. The zero-order chi connectivity index (χ0) is 16.4. The number of alkyl halides is 6. The fourth-order valence-electron chi connectivity index (χ4n) is 2.25. The van der Waals surface area contributed by atoms with E-state index in [9.17, 15) is 26.3 Å². The SMILES string of the molecule is FC(F)(F)COCc1nc(C2(C(F)(F)F)CCNCC2)no1. The summed E-state index contributed by atoms with van der Waals surface area (Å²) in [7, 11) is 0. The molecule has 1 aliphatic rings. The Labute approximate surface area is 121 Å². The molecule has 1 N–H and O–H groups in total. The van der Waals surface area contributed by atoms with E-state index >= 15 is 0 Å². The molecule has 1 aromatic rings. The molecule has 2 heterocycles. The highest BCUT2D eigenvalue weighted by Gasteiger charge is 2.59. The van der Waals surface area contributed by atoms with Gasteiger partial charge in [0.15, 0.2) is 5.82 Å². The number of nitrogens with zero attached hydrogens (tertiary/aromatic N) is 2. The van der Waals surface area contributed by atoms with Crippen molar-refractivity contribution in [3.63, 3.8) is 0 Å². The highest BCUT2D eigenvalue weighted by molar-refractivity contribution is 5.13. The average molecular weight is 333 g/mol. The van der Waals surface area contributed by atoms with Gasteiger partial charge >= 0.3 is 12.4 Å². The maximum absolute atomic E-state index is 13.4. The van der Waals surface area contributed by atoms with Crippen LogP contribution in [0.4, 0.5) is 26.3 Å². The van der Waals surface area contributed by atoms with Crippen molar-refractivity contribution in [3.05, 3.63) is 11.7 Å². The van der Waals surface area contributed by atoms with E-state index in [1.54, 1.807) is 0 Å². The Bertz CT molecular complexity index is 493. The summed E-state index contributed by atoms with van der Waals surface area (Å²) in [6, 6.07) is 0. The highest BCUT2D eigenvalue weighted by Crippen LogP contribution is 2.46. The van der Waals surface area contributed by atoms with Gasteiger partial charge in [0.05, 0.1) is 0 Å². The van der Waals surface area contributed by atoms with E-state index in [1.807, 2.05) is 0 Å². The molecule has 2 rings (SSSR count). The average Bonchev–Trinajstić information content (AvgIpc) is 2.86. The first-order valence-electron chi connectivity index (χ1n) is 6.39. The molecule has 11 heteroatoms. The minimum atomic E-state index is -4.58. The molecule has 1 saturated heterocycles. The van der Waals surface area contributed by atoms with Gasteiger partial charge in [-0.25, -0.2) is 0 Å². The second-order valence-corrected chi connectivity index (χ2v) is 4.95. The molecule has 1 fully saturated rings. The molecule has 0 radical (unpaired) electrons. The maximum Gasteiger partial charge on any atom is 0.411 e. The Morgan fingerprint density at radius 2 is 1.77 bits per heavy atom. The molecule has 0 unspecified atom stereocenters. The molecule has 0 spiro atoms. The van der Waals surface area contributed by atoms with E-state index in [-0.39, 0.29) is 25.9 Å². The zero-order valence-electron chi connectivity index (χ0n) is 11.2. The molecule has 0 aliphatic carbocycles. The normalized spacial score (nSPS) is 19.4. The fourth-order valence-corrected chi connectivity index (χ4v) is 2.25. The lowest BCUT2D eigenvalue weighted by atomic mass is 9.77. The Kier molecular flexibility index (Phi) is 4.66. The predicted octanol–water partition coefficient (Wildman–Crippen LogP) is 2.33. The molecule has 0 bridgehead atoms. The number of aromatic nitrogens is 2. The van der Waals surface area contributed by atoms with Gasteiger partial charge in [0.25, 0.3) is 5.89 Å². The molecular formula is C11H13F6N3O2. The van der Waals surface area contributed by atoms with E-state index in [1.165, 1.54) is 0 Å². The number of halogens is 6.